The zero-order chi connectivity index (χ0) is 13.1. The highest BCUT2D eigenvalue weighted by molar-refractivity contribution is 9.10. The van der Waals surface area contributed by atoms with Crippen molar-refractivity contribution in [3.8, 4) is 0 Å². The Bertz CT molecular complexity index is 552. The van der Waals surface area contributed by atoms with Crippen molar-refractivity contribution in [1.82, 2.24) is 19.5 Å². The summed E-state index contributed by atoms with van der Waals surface area (Å²) < 4.78 is 2.78. The quantitative estimate of drug-likeness (QED) is 0.920. The summed E-state index contributed by atoms with van der Waals surface area (Å²) >= 11 is 5.47. The van der Waals surface area contributed by atoms with Gasteiger partial charge in [-0.3, -0.25) is 4.90 Å². The molecule has 1 N–H and O–H groups in total. The number of hydrogen-bond acceptors (Lipinski definition) is 5. The van der Waals surface area contributed by atoms with Crippen LogP contribution in [0.1, 0.15) is 0 Å². The Balaban J connectivity index is 1.56. The van der Waals surface area contributed by atoms with Crippen LogP contribution in [0.2, 0.25) is 0 Å². The van der Waals surface area contributed by atoms with E-state index >= 15 is 0 Å². The molecule has 1 aliphatic rings. The number of rotatable bonds is 4. The first-order valence-corrected chi connectivity index (χ1v) is 8.32. The molecule has 3 rings (SSSR count). The Labute approximate surface area is 124 Å². The number of fused-ring (bicyclic) bond motifs is 1. The van der Waals surface area contributed by atoms with Crippen molar-refractivity contribution >= 4 is 39.3 Å². The summed E-state index contributed by atoms with van der Waals surface area (Å²) in [6.07, 6.45) is 1.91. The Kier molecular flexibility index (Phi) is 4.24. The van der Waals surface area contributed by atoms with Crippen molar-refractivity contribution in [2.45, 2.75) is 0 Å². The number of nitrogens with zero attached hydrogens (tertiary/aromatic N) is 4. The van der Waals surface area contributed by atoms with Crippen LogP contribution < -0.4 is 5.32 Å². The van der Waals surface area contributed by atoms with E-state index in [1.165, 1.54) is 24.6 Å². The monoisotopic (exact) mass is 341 g/mol. The Hall–Kier alpha value is -0.790. The third-order valence-corrected chi connectivity index (χ3v) is 4.52. The van der Waals surface area contributed by atoms with Gasteiger partial charge in [0.05, 0.1) is 0 Å². The van der Waals surface area contributed by atoms with Crippen LogP contribution in [0.4, 0.5) is 5.95 Å². The summed E-state index contributed by atoms with van der Waals surface area (Å²) in [6, 6.07) is 3.92. The summed E-state index contributed by atoms with van der Waals surface area (Å²) in [5.41, 5.74) is 0.861. The van der Waals surface area contributed by atoms with Crippen molar-refractivity contribution in [3.63, 3.8) is 0 Å². The lowest BCUT2D eigenvalue weighted by molar-refractivity contribution is 0.314. The number of anilines is 1. The third-order valence-electron chi connectivity index (χ3n) is 3.11. The van der Waals surface area contributed by atoms with Gasteiger partial charge in [-0.05, 0) is 28.1 Å². The second kappa shape index (κ2) is 6.11. The first kappa shape index (κ1) is 13.2. The molecule has 0 saturated carbocycles. The maximum absolute atomic E-state index is 4.43. The average Bonchev–Trinajstić information content (AvgIpc) is 2.82. The molecule has 0 amide bonds. The number of halogens is 1. The zero-order valence-corrected chi connectivity index (χ0v) is 13.0. The van der Waals surface area contributed by atoms with Crippen LogP contribution >= 0.6 is 27.7 Å². The molecule has 0 aliphatic carbocycles. The minimum atomic E-state index is 0.699. The molecule has 2 aromatic rings. The first-order chi connectivity index (χ1) is 9.31. The number of pyridine rings is 1. The largest absolute Gasteiger partial charge is 0.352 e. The normalized spacial score (nSPS) is 16.9. The van der Waals surface area contributed by atoms with Gasteiger partial charge in [-0.2, -0.15) is 16.7 Å². The summed E-state index contributed by atoms with van der Waals surface area (Å²) in [5.74, 6) is 3.20. The van der Waals surface area contributed by atoms with E-state index in [9.17, 15) is 0 Å². The molecule has 102 valence electrons. The predicted molar refractivity (Wildman–Crippen MR) is 82.9 cm³/mol. The minimum absolute atomic E-state index is 0.699. The summed E-state index contributed by atoms with van der Waals surface area (Å²) in [6.45, 7) is 4.33. The standard InChI is InChI=1S/C12H16BrN5S/c13-10-1-2-11-15-12(16-18(11)9-10)14-3-4-17-5-7-19-8-6-17/h1-2,9H,3-8H2,(H,14,16). The van der Waals surface area contributed by atoms with Gasteiger partial charge in [0.2, 0.25) is 5.95 Å². The van der Waals surface area contributed by atoms with Gasteiger partial charge in [0.15, 0.2) is 5.65 Å². The molecule has 1 fully saturated rings. The van der Waals surface area contributed by atoms with Gasteiger partial charge < -0.3 is 5.32 Å². The maximum atomic E-state index is 4.43. The second-order valence-corrected chi connectivity index (χ2v) is 6.61. The van der Waals surface area contributed by atoms with Crippen LogP contribution in [0.25, 0.3) is 5.65 Å². The van der Waals surface area contributed by atoms with Gasteiger partial charge in [0, 0.05) is 48.4 Å². The molecule has 5 nitrogen and oxygen atoms in total. The molecule has 0 radical (unpaired) electrons. The molecule has 1 saturated heterocycles. The van der Waals surface area contributed by atoms with E-state index in [0.717, 1.165) is 23.2 Å². The maximum Gasteiger partial charge on any atom is 0.243 e. The van der Waals surface area contributed by atoms with Crippen molar-refractivity contribution < 1.29 is 0 Å². The molecule has 3 heterocycles. The third kappa shape index (κ3) is 3.40. The second-order valence-electron chi connectivity index (χ2n) is 4.47. The van der Waals surface area contributed by atoms with Crippen LogP contribution in [0.5, 0.6) is 0 Å². The van der Waals surface area contributed by atoms with E-state index in [4.69, 9.17) is 0 Å². The molecule has 0 bridgehead atoms. The van der Waals surface area contributed by atoms with Gasteiger partial charge in [0.25, 0.3) is 0 Å². The van der Waals surface area contributed by atoms with Crippen LogP contribution in [-0.4, -0.2) is 57.2 Å². The van der Waals surface area contributed by atoms with Crippen molar-refractivity contribution in [1.29, 1.82) is 0 Å². The Morgan fingerprint density at radius 3 is 3.00 bits per heavy atom. The van der Waals surface area contributed by atoms with E-state index in [2.05, 4.69) is 36.2 Å². The fraction of sp³-hybridized carbons (Fsp3) is 0.500. The average molecular weight is 342 g/mol. The molecule has 0 spiro atoms. The Morgan fingerprint density at radius 2 is 2.16 bits per heavy atom. The lowest BCUT2D eigenvalue weighted by Crippen LogP contribution is -2.36. The minimum Gasteiger partial charge on any atom is -0.352 e. The van der Waals surface area contributed by atoms with Crippen LogP contribution in [0.3, 0.4) is 0 Å². The van der Waals surface area contributed by atoms with Crippen LogP contribution in [-0.2, 0) is 0 Å². The summed E-state index contributed by atoms with van der Waals surface area (Å²) in [5, 5.41) is 7.69. The number of nitrogens with one attached hydrogen (secondary N) is 1. The molecule has 0 atom stereocenters. The van der Waals surface area contributed by atoms with E-state index in [0.29, 0.717) is 5.95 Å². The van der Waals surface area contributed by atoms with Crippen molar-refractivity contribution in [3.05, 3.63) is 22.8 Å². The van der Waals surface area contributed by atoms with Crippen LogP contribution in [0, 0.1) is 0 Å². The molecule has 19 heavy (non-hydrogen) atoms. The molecule has 2 aromatic heterocycles. The van der Waals surface area contributed by atoms with Gasteiger partial charge in [0.1, 0.15) is 0 Å². The lowest BCUT2D eigenvalue weighted by Gasteiger charge is -2.25. The van der Waals surface area contributed by atoms with Gasteiger partial charge in [-0.25, -0.2) is 4.52 Å². The van der Waals surface area contributed by atoms with Gasteiger partial charge in [-0.1, -0.05) is 0 Å². The molecular weight excluding hydrogens is 326 g/mol. The fourth-order valence-corrected chi connectivity index (χ4v) is 3.39. The number of thioether (sulfide) groups is 1. The highest BCUT2D eigenvalue weighted by Gasteiger charge is 2.10. The van der Waals surface area contributed by atoms with Gasteiger partial charge in [-0.15, -0.1) is 5.10 Å². The Morgan fingerprint density at radius 1 is 1.32 bits per heavy atom. The summed E-state index contributed by atoms with van der Waals surface area (Å²) in [4.78, 5) is 6.92. The smallest absolute Gasteiger partial charge is 0.243 e. The SMILES string of the molecule is Brc1ccc2nc(NCCN3CCSCC3)nn2c1. The molecule has 0 aromatic carbocycles. The van der Waals surface area contributed by atoms with E-state index in [1.54, 1.807) is 4.52 Å². The van der Waals surface area contributed by atoms with E-state index < -0.39 is 0 Å². The zero-order valence-electron chi connectivity index (χ0n) is 10.5. The van der Waals surface area contributed by atoms with Crippen molar-refractivity contribution in [2.24, 2.45) is 0 Å². The molecule has 7 heteroatoms. The molecule has 0 unspecified atom stereocenters. The topological polar surface area (TPSA) is 45.5 Å². The van der Waals surface area contributed by atoms with E-state index in [-0.39, 0.29) is 0 Å². The van der Waals surface area contributed by atoms with Crippen molar-refractivity contribution in [2.75, 3.05) is 43.0 Å². The fourth-order valence-electron chi connectivity index (χ4n) is 2.08. The van der Waals surface area contributed by atoms with Crippen LogP contribution in [0.15, 0.2) is 22.8 Å². The number of hydrogen-bond donors (Lipinski definition) is 1. The predicted octanol–water partition coefficient (Wildman–Crippen LogP) is 1.95. The van der Waals surface area contributed by atoms with Gasteiger partial charge >= 0.3 is 0 Å². The highest BCUT2D eigenvalue weighted by atomic mass is 79.9. The molecular formula is C12H16BrN5S. The lowest BCUT2D eigenvalue weighted by atomic mass is 10.4. The molecule has 1 aliphatic heterocycles. The van der Waals surface area contributed by atoms with E-state index in [1.807, 2.05) is 30.1 Å². The highest BCUT2D eigenvalue weighted by Crippen LogP contribution is 2.12. The first-order valence-electron chi connectivity index (χ1n) is 6.37. The number of aromatic nitrogens is 3. The summed E-state index contributed by atoms with van der Waals surface area (Å²) in [7, 11) is 0.